The van der Waals surface area contributed by atoms with Crippen LogP contribution in [0.4, 0.5) is 5.69 Å². The number of carbonyl (C=O) groups excluding carboxylic acids is 2. The van der Waals surface area contributed by atoms with Crippen LogP contribution in [0.25, 0.3) is 0 Å². The number of furan rings is 1. The van der Waals surface area contributed by atoms with Gasteiger partial charge in [0.2, 0.25) is 5.91 Å². The van der Waals surface area contributed by atoms with Gasteiger partial charge in [-0.05, 0) is 49.6 Å². The Morgan fingerprint density at radius 2 is 1.90 bits per heavy atom. The molecule has 3 aromatic rings. The van der Waals surface area contributed by atoms with Crippen molar-refractivity contribution in [3.63, 3.8) is 0 Å². The van der Waals surface area contributed by atoms with Crippen LogP contribution >= 0.6 is 0 Å². The zero-order valence-electron chi connectivity index (χ0n) is 17.0. The highest BCUT2D eigenvalue weighted by molar-refractivity contribution is 6.09. The van der Waals surface area contributed by atoms with E-state index >= 15 is 0 Å². The van der Waals surface area contributed by atoms with Crippen LogP contribution in [0.5, 0.6) is 0 Å². The number of rotatable bonds is 6. The SMILES string of the molecule is Cc1ccccc1N(C(=O)c1ccco1)[C@@H](C(=O)NC1CCCC1)c1cccnc1. The highest BCUT2D eigenvalue weighted by Crippen LogP contribution is 2.32. The Kier molecular flexibility index (Phi) is 5.93. The molecule has 0 unspecified atom stereocenters. The van der Waals surface area contributed by atoms with Crippen LogP contribution in [0, 0.1) is 6.92 Å². The highest BCUT2D eigenvalue weighted by atomic mass is 16.3. The van der Waals surface area contributed by atoms with Crippen LogP contribution in [0.15, 0.2) is 71.6 Å². The lowest BCUT2D eigenvalue weighted by Gasteiger charge is -2.32. The number of aromatic nitrogens is 1. The number of amides is 2. The molecule has 6 heteroatoms. The van der Waals surface area contributed by atoms with Crippen LogP contribution < -0.4 is 10.2 Å². The van der Waals surface area contributed by atoms with E-state index in [1.807, 2.05) is 37.3 Å². The minimum Gasteiger partial charge on any atom is -0.459 e. The van der Waals surface area contributed by atoms with Gasteiger partial charge in [0.1, 0.15) is 6.04 Å². The first-order chi connectivity index (χ1) is 14.6. The second-order valence-corrected chi connectivity index (χ2v) is 7.62. The van der Waals surface area contributed by atoms with Crippen molar-refractivity contribution in [3.8, 4) is 0 Å². The Labute approximate surface area is 175 Å². The first-order valence-corrected chi connectivity index (χ1v) is 10.3. The first-order valence-electron chi connectivity index (χ1n) is 10.3. The third-order valence-corrected chi connectivity index (χ3v) is 5.53. The fourth-order valence-corrected chi connectivity index (χ4v) is 4.02. The van der Waals surface area contributed by atoms with Gasteiger partial charge in [-0.3, -0.25) is 19.5 Å². The maximum atomic E-state index is 13.5. The summed E-state index contributed by atoms with van der Waals surface area (Å²) in [7, 11) is 0. The van der Waals surface area contributed by atoms with Gasteiger partial charge in [0.15, 0.2) is 5.76 Å². The molecule has 4 rings (SSSR count). The van der Waals surface area contributed by atoms with Crippen molar-refractivity contribution in [1.29, 1.82) is 0 Å². The van der Waals surface area contributed by atoms with Crippen molar-refractivity contribution < 1.29 is 14.0 Å². The Bertz CT molecular complexity index is 996. The van der Waals surface area contributed by atoms with Gasteiger partial charge in [-0.25, -0.2) is 0 Å². The minimum absolute atomic E-state index is 0.133. The summed E-state index contributed by atoms with van der Waals surface area (Å²) in [5, 5.41) is 3.16. The van der Waals surface area contributed by atoms with E-state index in [2.05, 4.69) is 10.3 Å². The van der Waals surface area contributed by atoms with E-state index in [0.29, 0.717) is 11.3 Å². The Morgan fingerprint density at radius 1 is 1.10 bits per heavy atom. The second kappa shape index (κ2) is 8.95. The number of aryl methyl sites for hydroxylation is 1. The van der Waals surface area contributed by atoms with Gasteiger partial charge in [-0.15, -0.1) is 0 Å². The van der Waals surface area contributed by atoms with Gasteiger partial charge in [-0.2, -0.15) is 0 Å². The first kappa shape index (κ1) is 19.9. The summed E-state index contributed by atoms with van der Waals surface area (Å²) in [6.45, 7) is 1.92. The molecule has 0 radical (unpaired) electrons. The highest BCUT2D eigenvalue weighted by Gasteiger charge is 2.36. The summed E-state index contributed by atoms with van der Waals surface area (Å²) in [5.74, 6) is -0.399. The van der Waals surface area contributed by atoms with Crippen molar-refractivity contribution in [2.45, 2.75) is 44.7 Å². The molecule has 154 valence electrons. The van der Waals surface area contributed by atoms with Crippen LogP contribution in [0.2, 0.25) is 0 Å². The number of para-hydroxylation sites is 1. The summed E-state index contributed by atoms with van der Waals surface area (Å²) >= 11 is 0. The molecule has 0 spiro atoms. The van der Waals surface area contributed by atoms with Crippen LogP contribution in [-0.4, -0.2) is 22.8 Å². The van der Waals surface area contributed by atoms with Gasteiger partial charge >= 0.3 is 0 Å². The number of hydrogen-bond donors (Lipinski definition) is 1. The molecule has 0 saturated heterocycles. The summed E-state index contributed by atoms with van der Waals surface area (Å²) in [5.41, 5.74) is 2.20. The van der Waals surface area contributed by atoms with E-state index in [1.165, 1.54) is 11.2 Å². The lowest BCUT2D eigenvalue weighted by Crippen LogP contribution is -2.46. The topological polar surface area (TPSA) is 75.4 Å². The third-order valence-electron chi connectivity index (χ3n) is 5.53. The number of nitrogens with zero attached hydrogens (tertiary/aromatic N) is 2. The van der Waals surface area contributed by atoms with Crippen molar-refractivity contribution in [2.75, 3.05) is 4.90 Å². The molecule has 0 aliphatic heterocycles. The zero-order chi connectivity index (χ0) is 20.9. The van der Waals surface area contributed by atoms with Crippen LogP contribution in [-0.2, 0) is 4.79 Å². The quantitative estimate of drug-likeness (QED) is 0.661. The summed E-state index contributed by atoms with van der Waals surface area (Å²) < 4.78 is 5.40. The molecule has 0 bridgehead atoms. The summed E-state index contributed by atoms with van der Waals surface area (Å²) in [6.07, 6.45) is 8.89. The number of hydrogen-bond acceptors (Lipinski definition) is 4. The minimum atomic E-state index is -0.863. The van der Waals surface area contributed by atoms with Gasteiger partial charge in [0.25, 0.3) is 5.91 Å². The van der Waals surface area contributed by atoms with Gasteiger partial charge in [0.05, 0.1) is 6.26 Å². The number of anilines is 1. The molecular weight excluding hydrogens is 378 g/mol. The molecule has 1 aliphatic rings. The maximum absolute atomic E-state index is 13.5. The van der Waals surface area contributed by atoms with E-state index in [4.69, 9.17) is 4.42 Å². The molecule has 2 amide bonds. The number of pyridine rings is 1. The van der Waals surface area contributed by atoms with E-state index in [1.54, 1.807) is 30.6 Å². The lowest BCUT2D eigenvalue weighted by molar-refractivity contribution is -0.123. The molecule has 1 N–H and O–H groups in total. The monoisotopic (exact) mass is 403 g/mol. The number of nitrogens with one attached hydrogen (secondary N) is 1. The van der Waals surface area contributed by atoms with E-state index in [9.17, 15) is 9.59 Å². The van der Waals surface area contributed by atoms with E-state index < -0.39 is 6.04 Å². The van der Waals surface area contributed by atoms with E-state index in [-0.39, 0.29) is 23.6 Å². The molecule has 30 heavy (non-hydrogen) atoms. The largest absolute Gasteiger partial charge is 0.459 e. The van der Waals surface area contributed by atoms with Crippen molar-refractivity contribution in [1.82, 2.24) is 10.3 Å². The van der Waals surface area contributed by atoms with Gasteiger partial charge < -0.3 is 9.73 Å². The molecule has 1 aromatic carbocycles. The summed E-state index contributed by atoms with van der Waals surface area (Å²) in [4.78, 5) is 32.8. The molecule has 2 aromatic heterocycles. The Balaban J connectivity index is 1.80. The maximum Gasteiger partial charge on any atom is 0.294 e. The van der Waals surface area contributed by atoms with E-state index in [0.717, 1.165) is 31.2 Å². The standard InChI is InChI=1S/C24H25N3O3/c1-17-8-2-5-12-20(17)27(24(29)21-13-7-15-30-21)22(18-9-6-14-25-16-18)23(28)26-19-10-3-4-11-19/h2,5-9,12-16,19,22H,3-4,10-11H2,1H3,(H,26,28)/t22-/m1/s1. The molecule has 1 saturated carbocycles. The normalized spacial score (nSPS) is 15.0. The second-order valence-electron chi connectivity index (χ2n) is 7.62. The predicted octanol–water partition coefficient (Wildman–Crippen LogP) is 4.43. The van der Waals surface area contributed by atoms with Crippen LogP contribution in [0.3, 0.4) is 0 Å². The summed E-state index contributed by atoms with van der Waals surface area (Å²) in [6, 6.07) is 13.7. The molecule has 1 atom stereocenters. The van der Waals surface area contributed by atoms with Crippen LogP contribution in [0.1, 0.15) is 53.4 Å². The molecule has 6 nitrogen and oxygen atoms in total. The average Bonchev–Trinajstić information content (AvgIpc) is 3.47. The van der Waals surface area contributed by atoms with Gasteiger partial charge in [0, 0.05) is 29.7 Å². The van der Waals surface area contributed by atoms with Crippen molar-refractivity contribution >= 4 is 17.5 Å². The van der Waals surface area contributed by atoms with Gasteiger partial charge in [-0.1, -0.05) is 37.1 Å². The predicted molar refractivity (Wildman–Crippen MR) is 114 cm³/mol. The number of carbonyl (C=O) groups is 2. The fraction of sp³-hybridized carbons (Fsp3) is 0.292. The Morgan fingerprint density at radius 3 is 2.57 bits per heavy atom. The van der Waals surface area contributed by atoms with Crippen molar-refractivity contribution in [3.05, 3.63) is 84.1 Å². The molecular formula is C24H25N3O3. The fourth-order valence-electron chi connectivity index (χ4n) is 4.02. The Hall–Kier alpha value is -3.41. The smallest absolute Gasteiger partial charge is 0.294 e. The third kappa shape index (κ3) is 4.13. The number of benzene rings is 1. The molecule has 2 heterocycles. The average molecular weight is 403 g/mol. The molecule has 1 aliphatic carbocycles. The lowest BCUT2D eigenvalue weighted by atomic mass is 10.0. The zero-order valence-corrected chi connectivity index (χ0v) is 17.0. The van der Waals surface area contributed by atoms with Crippen molar-refractivity contribution in [2.24, 2.45) is 0 Å². The molecule has 1 fully saturated rings.